The first kappa shape index (κ1) is 22.0. The van der Waals surface area contributed by atoms with E-state index in [-0.39, 0.29) is 17.1 Å². The zero-order valence-corrected chi connectivity index (χ0v) is 18.9. The molecule has 0 atom stereocenters. The standard InChI is InChI=1S/C23H18BrN5O4/c1-33-17-4-2-3-16(12-17)26-23(32)25-15-8-5-13(6-9-15)21(30)29-28-20-18-11-14(24)7-10-19(18)27-22(20)31/h2-12,27,31H,1H3,(H2,25,26,32). The lowest BCUT2D eigenvalue weighted by Crippen LogP contribution is -2.19. The van der Waals surface area contributed by atoms with Gasteiger partial charge in [-0.3, -0.25) is 4.79 Å². The molecule has 1 aromatic heterocycles. The van der Waals surface area contributed by atoms with Gasteiger partial charge in [0, 0.05) is 32.9 Å². The number of azo groups is 1. The lowest BCUT2D eigenvalue weighted by atomic mass is 10.2. The molecule has 0 saturated heterocycles. The summed E-state index contributed by atoms with van der Waals surface area (Å²) in [6, 6.07) is 18.1. The molecular weight excluding hydrogens is 490 g/mol. The maximum atomic E-state index is 12.4. The van der Waals surface area contributed by atoms with E-state index in [4.69, 9.17) is 4.74 Å². The third kappa shape index (κ3) is 5.18. The quantitative estimate of drug-likeness (QED) is 0.239. The van der Waals surface area contributed by atoms with Crippen LogP contribution < -0.4 is 15.4 Å². The van der Waals surface area contributed by atoms with Crippen LogP contribution in [0.5, 0.6) is 11.6 Å². The number of fused-ring (bicyclic) bond motifs is 1. The Hall–Kier alpha value is -4.18. The van der Waals surface area contributed by atoms with Gasteiger partial charge in [0.2, 0.25) is 5.88 Å². The van der Waals surface area contributed by atoms with Gasteiger partial charge in [0.1, 0.15) is 5.75 Å². The van der Waals surface area contributed by atoms with Crippen LogP contribution in [-0.4, -0.2) is 29.1 Å². The Bertz CT molecular complexity index is 1370. The Labute approximate surface area is 196 Å². The van der Waals surface area contributed by atoms with Crippen molar-refractivity contribution < 1.29 is 19.4 Å². The second kappa shape index (κ2) is 9.53. The van der Waals surface area contributed by atoms with Crippen molar-refractivity contribution in [3.63, 3.8) is 0 Å². The number of aromatic hydroxyl groups is 1. The van der Waals surface area contributed by atoms with Gasteiger partial charge in [0.15, 0.2) is 5.69 Å². The summed E-state index contributed by atoms with van der Waals surface area (Å²) >= 11 is 3.37. The molecule has 4 rings (SSSR count). The monoisotopic (exact) mass is 507 g/mol. The Morgan fingerprint density at radius 1 is 1.00 bits per heavy atom. The summed E-state index contributed by atoms with van der Waals surface area (Å²) in [7, 11) is 1.55. The first-order chi connectivity index (χ1) is 15.9. The van der Waals surface area contributed by atoms with Crippen LogP contribution in [0.4, 0.5) is 21.9 Å². The molecule has 0 saturated carbocycles. The lowest BCUT2D eigenvalue weighted by molar-refractivity contribution is 0.0995. The van der Waals surface area contributed by atoms with E-state index < -0.39 is 11.9 Å². The number of nitrogens with one attached hydrogen (secondary N) is 3. The van der Waals surface area contributed by atoms with Crippen molar-refractivity contribution in [1.82, 2.24) is 4.98 Å². The maximum absolute atomic E-state index is 12.4. The van der Waals surface area contributed by atoms with Gasteiger partial charge in [-0.05, 0) is 54.6 Å². The van der Waals surface area contributed by atoms with Crippen LogP contribution in [0.15, 0.2) is 81.4 Å². The number of methoxy groups -OCH3 is 1. The maximum Gasteiger partial charge on any atom is 0.323 e. The Morgan fingerprint density at radius 2 is 1.76 bits per heavy atom. The first-order valence-electron chi connectivity index (χ1n) is 9.71. The number of rotatable bonds is 5. The number of hydrogen-bond acceptors (Lipinski definition) is 5. The number of H-pyrrole nitrogens is 1. The van der Waals surface area contributed by atoms with E-state index in [0.29, 0.717) is 28.0 Å². The van der Waals surface area contributed by atoms with Crippen LogP contribution in [0, 0.1) is 0 Å². The predicted octanol–water partition coefficient (Wildman–Crippen LogP) is 6.21. The first-order valence-corrected chi connectivity index (χ1v) is 10.5. The molecule has 0 aliphatic heterocycles. The number of aromatic amines is 1. The smallest absolute Gasteiger partial charge is 0.323 e. The second-order valence-electron chi connectivity index (χ2n) is 6.91. The third-order valence-corrected chi connectivity index (χ3v) is 5.17. The summed E-state index contributed by atoms with van der Waals surface area (Å²) in [4.78, 5) is 27.4. The Morgan fingerprint density at radius 3 is 2.52 bits per heavy atom. The van der Waals surface area contributed by atoms with Crippen molar-refractivity contribution in [2.75, 3.05) is 17.7 Å². The highest BCUT2D eigenvalue weighted by atomic mass is 79.9. The van der Waals surface area contributed by atoms with Gasteiger partial charge in [0.25, 0.3) is 5.91 Å². The van der Waals surface area contributed by atoms with Crippen molar-refractivity contribution in [2.45, 2.75) is 0 Å². The largest absolute Gasteiger partial charge is 0.497 e. The number of ether oxygens (including phenoxy) is 1. The average molecular weight is 508 g/mol. The zero-order chi connectivity index (χ0) is 23.4. The predicted molar refractivity (Wildman–Crippen MR) is 129 cm³/mol. The summed E-state index contributed by atoms with van der Waals surface area (Å²) in [5.41, 5.74) is 2.18. The molecule has 0 bridgehead atoms. The summed E-state index contributed by atoms with van der Waals surface area (Å²) in [6.07, 6.45) is 0. The van der Waals surface area contributed by atoms with Crippen molar-refractivity contribution in [1.29, 1.82) is 0 Å². The minimum absolute atomic E-state index is 0.173. The van der Waals surface area contributed by atoms with Crippen LogP contribution in [0.3, 0.4) is 0 Å². The summed E-state index contributed by atoms with van der Waals surface area (Å²) in [5.74, 6) is -0.147. The molecule has 3 amide bonds. The van der Waals surface area contributed by atoms with Crippen molar-refractivity contribution in [3.05, 3.63) is 76.8 Å². The van der Waals surface area contributed by atoms with E-state index in [1.165, 1.54) is 12.1 Å². The molecule has 166 valence electrons. The number of halogens is 1. The minimum atomic E-state index is -0.592. The highest BCUT2D eigenvalue weighted by Gasteiger charge is 2.12. The lowest BCUT2D eigenvalue weighted by Gasteiger charge is -2.09. The van der Waals surface area contributed by atoms with Gasteiger partial charge in [-0.1, -0.05) is 22.0 Å². The molecule has 0 fully saturated rings. The number of hydrogen-bond donors (Lipinski definition) is 4. The van der Waals surface area contributed by atoms with Crippen molar-refractivity contribution in [3.8, 4) is 11.6 Å². The average Bonchev–Trinajstić information content (AvgIpc) is 3.12. The number of carbonyl (C=O) groups excluding carboxylic acids is 2. The van der Waals surface area contributed by atoms with Gasteiger partial charge in [-0.2, -0.15) is 0 Å². The fraction of sp³-hybridized carbons (Fsp3) is 0.0435. The van der Waals surface area contributed by atoms with E-state index >= 15 is 0 Å². The van der Waals surface area contributed by atoms with Gasteiger partial charge in [-0.15, -0.1) is 10.2 Å². The molecule has 1 heterocycles. The molecule has 0 unspecified atom stereocenters. The normalized spacial score (nSPS) is 11.0. The number of nitrogens with zero attached hydrogens (tertiary/aromatic N) is 2. The topological polar surface area (TPSA) is 128 Å². The third-order valence-electron chi connectivity index (χ3n) is 4.67. The number of amides is 3. The summed E-state index contributed by atoms with van der Waals surface area (Å²) in [5, 5.41) is 23.7. The molecule has 0 spiro atoms. The van der Waals surface area contributed by atoms with Gasteiger partial charge in [-0.25, -0.2) is 4.79 Å². The Balaban J connectivity index is 1.41. The van der Waals surface area contributed by atoms with E-state index in [1.807, 2.05) is 6.07 Å². The minimum Gasteiger partial charge on any atom is -0.497 e. The van der Waals surface area contributed by atoms with Crippen LogP contribution in [-0.2, 0) is 0 Å². The highest BCUT2D eigenvalue weighted by molar-refractivity contribution is 9.10. The fourth-order valence-electron chi connectivity index (χ4n) is 3.08. The zero-order valence-electron chi connectivity index (χ0n) is 17.3. The molecule has 0 aliphatic rings. The number of benzene rings is 3. The molecule has 0 aliphatic carbocycles. The fourth-order valence-corrected chi connectivity index (χ4v) is 3.44. The molecule has 4 aromatic rings. The number of aromatic nitrogens is 1. The summed E-state index contributed by atoms with van der Waals surface area (Å²) in [6.45, 7) is 0. The van der Waals surface area contributed by atoms with E-state index in [1.54, 1.807) is 55.6 Å². The van der Waals surface area contributed by atoms with E-state index in [2.05, 4.69) is 41.8 Å². The number of anilines is 2. The van der Waals surface area contributed by atoms with Crippen LogP contribution in [0.25, 0.3) is 10.9 Å². The SMILES string of the molecule is COc1cccc(NC(=O)Nc2ccc(C(=O)N=Nc3c(O)[nH]c4ccc(Br)cc34)cc2)c1. The molecule has 4 N–H and O–H groups in total. The van der Waals surface area contributed by atoms with Crippen LogP contribution in [0.1, 0.15) is 10.4 Å². The van der Waals surface area contributed by atoms with E-state index in [9.17, 15) is 14.7 Å². The van der Waals surface area contributed by atoms with Crippen molar-refractivity contribution >= 4 is 55.8 Å². The Kier molecular flexibility index (Phi) is 6.36. The summed E-state index contributed by atoms with van der Waals surface area (Å²) < 4.78 is 5.93. The highest BCUT2D eigenvalue weighted by Crippen LogP contribution is 2.36. The molecule has 33 heavy (non-hydrogen) atoms. The van der Waals surface area contributed by atoms with Crippen LogP contribution in [0.2, 0.25) is 0 Å². The second-order valence-corrected chi connectivity index (χ2v) is 7.82. The molecule has 9 nitrogen and oxygen atoms in total. The molecular formula is C23H18BrN5O4. The van der Waals surface area contributed by atoms with Crippen molar-refractivity contribution in [2.24, 2.45) is 10.2 Å². The van der Waals surface area contributed by atoms with Gasteiger partial charge >= 0.3 is 6.03 Å². The molecule has 3 aromatic carbocycles. The molecule has 10 heteroatoms. The van der Waals surface area contributed by atoms with E-state index in [0.717, 1.165) is 4.47 Å². The number of urea groups is 1. The van der Waals surface area contributed by atoms with Crippen LogP contribution >= 0.6 is 15.9 Å². The number of carbonyl (C=O) groups is 2. The molecule has 0 radical (unpaired) electrons. The van der Waals surface area contributed by atoms with Gasteiger partial charge in [0.05, 0.1) is 12.6 Å². The van der Waals surface area contributed by atoms with Gasteiger partial charge < -0.3 is 25.5 Å².